The maximum atomic E-state index is 14.1. The largest absolute Gasteiger partial charge is 0.379 e. The number of unbranched alkanes of at least 4 members (excludes halogenated alkanes) is 2. The summed E-state index contributed by atoms with van der Waals surface area (Å²) in [5.41, 5.74) is 0. The lowest BCUT2D eigenvalue weighted by atomic mass is 10.1. The van der Waals surface area contributed by atoms with E-state index in [-0.39, 0.29) is 12.2 Å². The quantitative estimate of drug-likeness (QED) is 0.579. The molecule has 0 unspecified atom stereocenters. The van der Waals surface area contributed by atoms with Crippen LogP contribution in [-0.4, -0.2) is 51.6 Å². The second-order valence-electron chi connectivity index (χ2n) is 5.62. The van der Waals surface area contributed by atoms with Gasteiger partial charge in [0.25, 0.3) is 0 Å². The number of hydrogen-bond acceptors (Lipinski definition) is 4. The first-order chi connectivity index (χ1) is 10.2. The lowest BCUT2D eigenvalue weighted by molar-refractivity contribution is -0.190. The molecule has 0 bridgehead atoms. The first-order valence-corrected chi connectivity index (χ1v) is 8.22. The fraction of sp³-hybridized carbons (Fsp3) is 1.00. The molecule has 1 saturated heterocycles. The van der Waals surface area contributed by atoms with E-state index in [4.69, 9.17) is 18.9 Å². The highest BCUT2D eigenvalue weighted by atomic mass is 19.1. The van der Waals surface area contributed by atoms with E-state index < -0.39 is 12.5 Å². The van der Waals surface area contributed by atoms with Crippen molar-refractivity contribution in [1.29, 1.82) is 0 Å². The van der Waals surface area contributed by atoms with Crippen LogP contribution in [0.5, 0.6) is 0 Å². The zero-order valence-corrected chi connectivity index (χ0v) is 13.7. The topological polar surface area (TPSA) is 36.9 Å². The molecule has 1 rings (SSSR count). The van der Waals surface area contributed by atoms with Gasteiger partial charge in [0.1, 0.15) is 0 Å². The van der Waals surface area contributed by atoms with Gasteiger partial charge in [-0.3, -0.25) is 0 Å². The van der Waals surface area contributed by atoms with Crippen molar-refractivity contribution in [1.82, 2.24) is 0 Å². The third-order valence-electron chi connectivity index (χ3n) is 3.67. The van der Waals surface area contributed by atoms with Gasteiger partial charge >= 0.3 is 0 Å². The van der Waals surface area contributed by atoms with Gasteiger partial charge in [0.2, 0.25) is 0 Å². The molecule has 0 spiro atoms. The molecule has 0 aromatic heterocycles. The fourth-order valence-corrected chi connectivity index (χ4v) is 2.38. The highest BCUT2D eigenvalue weighted by Gasteiger charge is 2.34. The van der Waals surface area contributed by atoms with Crippen LogP contribution in [0.4, 0.5) is 4.39 Å². The Morgan fingerprint density at radius 3 is 2.48 bits per heavy atom. The third kappa shape index (κ3) is 7.54. The molecular weight excluding hydrogens is 275 g/mol. The normalized spacial score (nSPS) is 30.3. The van der Waals surface area contributed by atoms with Gasteiger partial charge in [-0.1, -0.05) is 26.7 Å². The Bertz CT molecular complexity index is 252. The number of rotatable bonds is 10. The van der Waals surface area contributed by atoms with Crippen molar-refractivity contribution in [3.05, 3.63) is 0 Å². The van der Waals surface area contributed by atoms with E-state index in [0.717, 1.165) is 25.7 Å². The average molecular weight is 306 g/mol. The number of alkyl halides is 1. The number of ether oxygens (including phenoxy) is 4. The minimum atomic E-state index is -1.15. The summed E-state index contributed by atoms with van der Waals surface area (Å²) in [6.07, 6.45) is 2.94. The van der Waals surface area contributed by atoms with Crippen LogP contribution in [0, 0.1) is 0 Å². The van der Waals surface area contributed by atoms with Gasteiger partial charge in [0, 0.05) is 33.2 Å². The van der Waals surface area contributed by atoms with Gasteiger partial charge < -0.3 is 18.9 Å². The summed E-state index contributed by atoms with van der Waals surface area (Å²) in [6.45, 7) is 6.10. The van der Waals surface area contributed by atoms with Gasteiger partial charge in [0.05, 0.1) is 18.8 Å². The van der Waals surface area contributed by atoms with Crippen molar-refractivity contribution < 1.29 is 23.3 Å². The zero-order chi connectivity index (χ0) is 15.5. The fourth-order valence-electron chi connectivity index (χ4n) is 2.38. The molecule has 1 heterocycles. The molecule has 1 aliphatic rings. The van der Waals surface area contributed by atoms with E-state index in [9.17, 15) is 4.39 Å². The Balaban J connectivity index is 2.46. The molecule has 4 nitrogen and oxygen atoms in total. The Kier molecular flexibility index (Phi) is 10.2. The number of halogens is 1. The van der Waals surface area contributed by atoms with Gasteiger partial charge in [-0.05, 0) is 12.8 Å². The predicted molar refractivity (Wildman–Crippen MR) is 80.2 cm³/mol. The van der Waals surface area contributed by atoms with Crippen LogP contribution in [0.25, 0.3) is 0 Å². The van der Waals surface area contributed by atoms with Crippen molar-refractivity contribution in [2.75, 3.05) is 26.9 Å². The number of hydrogen-bond donors (Lipinski definition) is 0. The van der Waals surface area contributed by atoms with Crippen molar-refractivity contribution in [2.24, 2.45) is 0 Å². The Hall–Kier alpha value is -0.230. The van der Waals surface area contributed by atoms with E-state index in [1.54, 1.807) is 0 Å². The Morgan fingerprint density at radius 1 is 1.10 bits per heavy atom. The molecule has 126 valence electrons. The summed E-state index contributed by atoms with van der Waals surface area (Å²) in [7, 11) is 1.48. The van der Waals surface area contributed by atoms with E-state index in [1.807, 2.05) is 0 Å². The summed E-state index contributed by atoms with van der Waals surface area (Å²) >= 11 is 0. The minimum Gasteiger partial charge on any atom is -0.379 e. The smallest absolute Gasteiger partial charge is 0.188 e. The molecular formula is C16H31FO4. The van der Waals surface area contributed by atoms with Crippen molar-refractivity contribution in [3.8, 4) is 0 Å². The Labute approximate surface area is 128 Å². The summed E-state index contributed by atoms with van der Waals surface area (Å²) in [5, 5.41) is 0. The van der Waals surface area contributed by atoms with Crippen molar-refractivity contribution in [3.63, 3.8) is 0 Å². The van der Waals surface area contributed by atoms with Crippen LogP contribution in [0.3, 0.4) is 0 Å². The standard InChI is InChI=1S/C16H31FO4/c1-4-6-8-19-12-14-10-13(20-9-7-5-2)11-15(17)16(18-3)21-14/h13-16H,4-12H2,1-3H3/t13-,14-,15-,16+/m0/s1. The van der Waals surface area contributed by atoms with Crippen LogP contribution < -0.4 is 0 Å². The predicted octanol–water partition coefficient (Wildman–Crippen LogP) is 3.48. The van der Waals surface area contributed by atoms with E-state index >= 15 is 0 Å². The van der Waals surface area contributed by atoms with Gasteiger partial charge in [0.15, 0.2) is 12.5 Å². The molecule has 0 aromatic rings. The minimum absolute atomic E-state index is 0.119. The van der Waals surface area contributed by atoms with Gasteiger partial charge in [-0.25, -0.2) is 4.39 Å². The van der Waals surface area contributed by atoms with Gasteiger partial charge in [-0.15, -0.1) is 0 Å². The lowest BCUT2D eigenvalue weighted by Crippen LogP contribution is -2.31. The van der Waals surface area contributed by atoms with Crippen LogP contribution in [-0.2, 0) is 18.9 Å². The second-order valence-corrected chi connectivity index (χ2v) is 5.62. The first kappa shape index (κ1) is 18.8. The molecule has 0 N–H and O–H groups in total. The van der Waals surface area contributed by atoms with Crippen LogP contribution in [0.2, 0.25) is 0 Å². The summed E-state index contributed by atoms with van der Waals surface area (Å²) in [4.78, 5) is 0. The average Bonchev–Trinajstić information content (AvgIpc) is 2.63. The van der Waals surface area contributed by atoms with Crippen LogP contribution >= 0.6 is 0 Å². The molecule has 0 aromatic carbocycles. The highest BCUT2D eigenvalue weighted by molar-refractivity contribution is 4.78. The second kappa shape index (κ2) is 11.4. The molecule has 1 aliphatic heterocycles. The zero-order valence-electron chi connectivity index (χ0n) is 13.7. The molecule has 0 aliphatic carbocycles. The van der Waals surface area contributed by atoms with Crippen LogP contribution in [0.1, 0.15) is 52.4 Å². The maximum absolute atomic E-state index is 14.1. The first-order valence-electron chi connectivity index (χ1n) is 8.22. The summed E-state index contributed by atoms with van der Waals surface area (Å²) in [5.74, 6) is 0. The van der Waals surface area contributed by atoms with Crippen molar-refractivity contribution in [2.45, 2.75) is 77.0 Å². The summed E-state index contributed by atoms with van der Waals surface area (Å²) in [6, 6.07) is 0. The van der Waals surface area contributed by atoms with Crippen molar-refractivity contribution >= 4 is 0 Å². The van der Waals surface area contributed by atoms with E-state index in [2.05, 4.69) is 13.8 Å². The van der Waals surface area contributed by atoms with Crippen LogP contribution in [0.15, 0.2) is 0 Å². The maximum Gasteiger partial charge on any atom is 0.188 e. The summed E-state index contributed by atoms with van der Waals surface area (Å²) < 4.78 is 36.3. The van der Waals surface area contributed by atoms with Gasteiger partial charge in [-0.2, -0.15) is 0 Å². The SMILES string of the molecule is CCCCOC[C@@H]1C[C@H](OCCCC)C[C@H](F)[C@H](OC)O1. The van der Waals surface area contributed by atoms with E-state index in [0.29, 0.717) is 32.7 Å². The molecule has 0 radical (unpaired) electrons. The molecule has 4 atom stereocenters. The number of methoxy groups -OCH3 is 1. The monoisotopic (exact) mass is 306 g/mol. The molecule has 21 heavy (non-hydrogen) atoms. The Morgan fingerprint density at radius 2 is 1.81 bits per heavy atom. The highest BCUT2D eigenvalue weighted by Crippen LogP contribution is 2.25. The molecule has 0 saturated carbocycles. The lowest BCUT2D eigenvalue weighted by Gasteiger charge is -2.22. The molecule has 5 heteroatoms. The third-order valence-corrected chi connectivity index (χ3v) is 3.67. The molecule has 0 amide bonds. The molecule has 1 fully saturated rings. The van der Waals surface area contributed by atoms with E-state index in [1.165, 1.54) is 7.11 Å².